The number of pyridine rings is 1. The third kappa shape index (κ3) is 4.09. The van der Waals surface area contributed by atoms with Crippen LogP contribution in [0.25, 0.3) is 20.8 Å². The minimum absolute atomic E-state index is 0.147. The van der Waals surface area contributed by atoms with Crippen LogP contribution in [0.5, 0.6) is 0 Å². The van der Waals surface area contributed by atoms with Crippen molar-refractivity contribution >= 4 is 43.9 Å². The Morgan fingerprint density at radius 3 is 2.97 bits per heavy atom. The molecule has 0 atom stereocenters. The molecule has 3 aromatic heterocycles. The summed E-state index contributed by atoms with van der Waals surface area (Å²) in [6, 6.07) is 8.74. The zero-order valence-electron chi connectivity index (χ0n) is 16.5. The zero-order chi connectivity index (χ0) is 20.5. The Morgan fingerprint density at radius 2 is 2.07 bits per heavy atom. The number of carbonyl (C=O) groups excluding carboxylic acids is 1. The molecular formula is C21H20N6OS2. The number of amides is 1. The molecule has 30 heavy (non-hydrogen) atoms. The molecule has 4 aromatic rings. The summed E-state index contributed by atoms with van der Waals surface area (Å²) in [7, 11) is 0. The number of aromatic nitrogens is 4. The Kier molecular flexibility index (Phi) is 5.24. The van der Waals surface area contributed by atoms with E-state index in [0.717, 1.165) is 54.3 Å². The molecule has 152 valence electrons. The van der Waals surface area contributed by atoms with Crippen LogP contribution in [0.1, 0.15) is 23.7 Å². The minimum Gasteiger partial charge on any atom is -0.301 e. The van der Waals surface area contributed by atoms with Crippen LogP contribution < -0.4 is 5.32 Å². The van der Waals surface area contributed by atoms with Gasteiger partial charge in [0.2, 0.25) is 11.0 Å². The zero-order valence-corrected chi connectivity index (χ0v) is 18.1. The average Bonchev–Trinajstić information content (AvgIpc) is 3.34. The Bertz CT molecular complexity index is 1220. The molecule has 0 unspecified atom stereocenters. The normalized spacial score (nSPS) is 14.4. The maximum absolute atomic E-state index is 11.2. The number of carbonyl (C=O) groups is 1. The van der Waals surface area contributed by atoms with Gasteiger partial charge in [-0.1, -0.05) is 17.4 Å². The van der Waals surface area contributed by atoms with E-state index >= 15 is 0 Å². The van der Waals surface area contributed by atoms with Gasteiger partial charge >= 0.3 is 0 Å². The number of thiazole rings is 1. The second-order valence-corrected chi connectivity index (χ2v) is 9.22. The molecule has 0 bridgehead atoms. The first kappa shape index (κ1) is 19.2. The highest BCUT2D eigenvalue weighted by Crippen LogP contribution is 2.28. The molecule has 0 spiro atoms. The smallest absolute Gasteiger partial charge is 0.223 e. The molecule has 9 heteroatoms. The van der Waals surface area contributed by atoms with Crippen molar-refractivity contribution in [3.05, 3.63) is 52.8 Å². The molecule has 7 nitrogen and oxygen atoms in total. The lowest BCUT2D eigenvalue weighted by Crippen LogP contribution is -2.25. The summed E-state index contributed by atoms with van der Waals surface area (Å²) in [6.45, 7) is 4.36. The first-order chi connectivity index (χ1) is 14.6. The fourth-order valence-electron chi connectivity index (χ4n) is 3.71. The highest BCUT2D eigenvalue weighted by atomic mass is 32.1. The Balaban J connectivity index is 1.30. The lowest BCUT2D eigenvalue weighted by Gasteiger charge is -2.19. The summed E-state index contributed by atoms with van der Waals surface area (Å²) < 4.78 is 1.23. The Labute approximate surface area is 181 Å². The highest BCUT2D eigenvalue weighted by Gasteiger charge is 2.17. The van der Waals surface area contributed by atoms with Gasteiger partial charge in [0.1, 0.15) is 0 Å². The van der Waals surface area contributed by atoms with Crippen molar-refractivity contribution < 1.29 is 4.79 Å². The van der Waals surface area contributed by atoms with E-state index in [-0.39, 0.29) is 5.91 Å². The molecule has 1 aromatic carbocycles. The second-order valence-electron chi connectivity index (χ2n) is 7.35. The van der Waals surface area contributed by atoms with Crippen LogP contribution in [0.15, 0.2) is 36.0 Å². The Morgan fingerprint density at radius 1 is 1.17 bits per heavy atom. The van der Waals surface area contributed by atoms with Crippen LogP contribution in [0, 0.1) is 0 Å². The standard InChI is InChI=1S/C21H20N6OS2/c1-13(28)24-21-26-25-20(30-21)16-9-15-4-6-27(7-5-17(15)22-10-16)11-14-2-3-19-18(8-14)23-12-29-19/h2-3,8-10,12H,4-7,11H2,1H3,(H,24,26,28). The molecule has 1 aliphatic rings. The third-order valence-electron chi connectivity index (χ3n) is 5.18. The molecule has 0 radical (unpaired) electrons. The van der Waals surface area contributed by atoms with E-state index in [4.69, 9.17) is 4.98 Å². The number of fused-ring (bicyclic) bond motifs is 2. The minimum atomic E-state index is -0.147. The molecule has 0 fully saturated rings. The van der Waals surface area contributed by atoms with E-state index < -0.39 is 0 Å². The van der Waals surface area contributed by atoms with Crippen LogP contribution in [0.3, 0.4) is 0 Å². The van der Waals surface area contributed by atoms with E-state index in [0.29, 0.717) is 5.13 Å². The van der Waals surface area contributed by atoms with Crippen LogP contribution >= 0.6 is 22.7 Å². The number of nitrogens with one attached hydrogen (secondary N) is 1. The van der Waals surface area contributed by atoms with Gasteiger partial charge in [0, 0.05) is 50.4 Å². The molecule has 0 saturated heterocycles. The second kappa shape index (κ2) is 8.17. The highest BCUT2D eigenvalue weighted by molar-refractivity contribution is 7.18. The molecule has 1 aliphatic heterocycles. The lowest BCUT2D eigenvalue weighted by molar-refractivity contribution is -0.114. The summed E-state index contributed by atoms with van der Waals surface area (Å²) in [6.07, 6.45) is 3.75. The van der Waals surface area contributed by atoms with Crippen molar-refractivity contribution in [1.82, 2.24) is 25.1 Å². The van der Waals surface area contributed by atoms with Crippen molar-refractivity contribution in [2.45, 2.75) is 26.3 Å². The fraction of sp³-hybridized carbons (Fsp3) is 0.286. The number of anilines is 1. The van der Waals surface area contributed by atoms with Crippen molar-refractivity contribution in [3.8, 4) is 10.6 Å². The molecule has 4 heterocycles. The van der Waals surface area contributed by atoms with Gasteiger partial charge in [-0.2, -0.15) is 0 Å². The number of nitrogens with zero attached hydrogens (tertiary/aromatic N) is 5. The van der Waals surface area contributed by atoms with Crippen LogP contribution in [-0.4, -0.2) is 44.1 Å². The molecule has 5 rings (SSSR count). The summed E-state index contributed by atoms with van der Waals surface area (Å²) in [5, 5.41) is 12.2. The number of rotatable bonds is 4. The Hall–Kier alpha value is -2.75. The average molecular weight is 437 g/mol. The number of hydrogen-bond acceptors (Lipinski definition) is 8. The third-order valence-corrected chi connectivity index (χ3v) is 6.88. The first-order valence-corrected chi connectivity index (χ1v) is 11.5. The SMILES string of the molecule is CC(=O)Nc1nnc(-c2cnc3c(c2)CCN(Cc2ccc4scnc4c2)CC3)s1. The van der Waals surface area contributed by atoms with Crippen molar-refractivity contribution in [1.29, 1.82) is 0 Å². The van der Waals surface area contributed by atoms with Crippen molar-refractivity contribution in [3.63, 3.8) is 0 Å². The predicted octanol–water partition coefficient (Wildman–Crippen LogP) is 3.77. The quantitative estimate of drug-likeness (QED) is 0.524. The summed E-state index contributed by atoms with van der Waals surface area (Å²) >= 11 is 3.04. The molecule has 0 saturated carbocycles. The fourth-order valence-corrected chi connectivity index (χ4v) is 5.14. The molecule has 1 N–H and O–H groups in total. The lowest BCUT2D eigenvalue weighted by atomic mass is 10.1. The maximum Gasteiger partial charge on any atom is 0.223 e. The van der Waals surface area contributed by atoms with Gasteiger partial charge in [-0.25, -0.2) is 4.98 Å². The predicted molar refractivity (Wildman–Crippen MR) is 120 cm³/mol. The van der Waals surface area contributed by atoms with Gasteiger partial charge < -0.3 is 5.32 Å². The number of hydrogen-bond donors (Lipinski definition) is 1. The van der Waals surface area contributed by atoms with E-state index in [1.165, 1.54) is 34.1 Å². The van der Waals surface area contributed by atoms with Crippen LogP contribution in [0.2, 0.25) is 0 Å². The van der Waals surface area contributed by atoms with Crippen molar-refractivity contribution in [2.75, 3.05) is 18.4 Å². The van der Waals surface area contributed by atoms with E-state index in [2.05, 4.69) is 49.7 Å². The van der Waals surface area contributed by atoms with E-state index in [9.17, 15) is 4.79 Å². The van der Waals surface area contributed by atoms with E-state index in [1.807, 2.05) is 11.7 Å². The van der Waals surface area contributed by atoms with Gasteiger partial charge in [0.05, 0.1) is 15.7 Å². The molecule has 0 aliphatic carbocycles. The summed E-state index contributed by atoms with van der Waals surface area (Å²) in [4.78, 5) is 22.8. The van der Waals surface area contributed by atoms with Gasteiger partial charge in [0.25, 0.3) is 0 Å². The molecule has 1 amide bonds. The van der Waals surface area contributed by atoms with E-state index in [1.54, 1.807) is 11.3 Å². The monoisotopic (exact) mass is 436 g/mol. The summed E-state index contributed by atoms with van der Waals surface area (Å²) in [5.74, 6) is -0.147. The molecular weight excluding hydrogens is 416 g/mol. The van der Waals surface area contributed by atoms with Crippen molar-refractivity contribution in [2.24, 2.45) is 0 Å². The van der Waals surface area contributed by atoms with Gasteiger partial charge in [-0.15, -0.1) is 21.5 Å². The van der Waals surface area contributed by atoms with Crippen LogP contribution in [0.4, 0.5) is 5.13 Å². The first-order valence-electron chi connectivity index (χ1n) is 9.78. The largest absolute Gasteiger partial charge is 0.301 e. The van der Waals surface area contributed by atoms with Gasteiger partial charge in [0.15, 0.2) is 5.01 Å². The van der Waals surface area contributed by atoms with Crippen LogP contribution in [-0.2, 0) is 24.2 Å². The topological polar surface area (TPSA) is 83.9 Å². The summed E-state index contributed by atoms with van der Waals surface area (Å²) in [5.41, 5.74) is 7.65. The number of benzene rings is 1. The van der Waals surface area contributed by atoms with Gasteiger partial charge in [-0.05, 0) is 35.7 Å². The maximum atomic E-state index is 11.2. The van der Waals surface area contributed by atoms with Gasteiger partial charge in [-0.3, -0.25) is 14.7 Å².